The van der Waals surface area contributed by atoms with E-state index < -0.39 is 0 Å². The van der Waals surface area contributed by atoms with Gasteiger partial charge in [-0.25, -0.2) is 4.98 Å². The second-order valence-corrected chi connectivity index (χ2v) is 6.84. The molecular formula is C17H21N3OS. The van der Waals surface area contributed by atoms with Gasteiger partial charge in [0.05, 0.1) is 4.88 Å². The first-order valence-electron chi connectivity index (χ1n) is 7.77. The van der Waals surface area contributed by atoms with Crippen molar-refractivity contribution in [1.82, 2.24) is 4.98 Å². The van der Waals surface area contributed by atoms with Crippen molar-refractivity contribution in [3.8, 4) is 10.4 Å². The molecule has 3 rings (SSSR count). The Morgan fingerprint density at radius 1 is 1.27 bits per heavy atom. The lowest BCUT2D eigenvalue weighted by Gasteiger charge is -2.19. The molecule has 0 spiro atoms. The van der Waals surface area contributed by atoms with Gasteiger partial charge < -0.3 is 10.6 Å². The largest absolute Gasteiger partial charge is 0.370 e. The summed E-state index contributed by atoms with van der Waals surface area (Å²) >= 11 is 1.74. The predicted octanol–water partition coefficient (Wildman–Crippen LogP) is 3.29. The Morgan fingerprint density at radius 2 is 2.09 bits per heavy atom. The van der Waals surface area contributed by atoms with E-state index in [1.54, 1.807) is 11.3 Å². The lowest BCUT2D eigenvalue weighted by Crippen LogP contribution is -2.24. The normalized spacial score (nSPS) is 18.9. The van der Waals surface area contributed by atoms with Gasteiger partial charge in [0.25, 0.3) is 0 Å². The molecule has 1 aromatic heterocycles. The second-order valence-electron chi connectivity index (χ2n) is 5.83. The van der Waals surface area contributed by atoms with Gasteiger partial charge in [-0.05, 0) is 30.7 Å². The molecule has 1 amide bonds. The van der Waals surface area contributed by atoms with E-state index in [0.717, 1.165) is 37.5 Å². The van der Waals surface area contributed by atoms with Crippen LogP contribution in [0.15, 0.2) is 36.5 Å². The molecule has 1 fully saturated rings. The smallest absolute Gasteiger partial charge is 0.217 e. The van der Waals surface area contributed by atoms with Crippen LogP contribution in [0.4, 0.5) is 5.13 Å². The third kappa shape index (κ3) is 3.65. The number of aromatic nitrogens is 1. The van der Waals surface area contributed by atoms with Crippen LogP contribution in [0.2, 0.25) is 0 Å². The van der Waals surface area contributed by atoms with Crippen LogP contribution in [0, 0.1) is 5.92 Å². The van der Waals surface area contributed by atoms with Crippen LogP contribution in [0.1, 0.15) is 25.7 Å². The zero-order valence-corrected chi connectivity index (χ0v) is 13.4. The number of hydrogen-bond acceptors (Lipinski definition) is 4. The Bertz CT molecular complexity index is 626. The molecule has 1 aliphatic heterocycles. The highest BCUT2D eigenvalue weighted by atomic mass is 32.1. The highest BCUT2D eigenvalue weighted by molar-refractivity contribution is 7.18. The fourth-order valence-electron chi connectivity index (χ4n) is 2.99. The first-order chi connectivity index (χ1) is 10.7. The molecule has 116 valence electrons. The molecule has 0 aliphatic carbocycles. The number of thiazole rings is 1. The van der Waals surface area contributed by atoms with E-state index in [1.165, 1.54) is 10.4 Å². The summed E-state index contributed by atoms with van der Waals surface area (Å²) < 4.78 is 0. The number of benzene rings is 1. The number of carbonyl (C=O) groups is 1. The Balaban J connectivity index is 1.67. The molecule has 1 atom stereocenters. The fraction of sp³-hybridized carbons (Fsp3) is 0.412. The molecule has 1 saturated heterocycles. The molecule has 0 bridgehead atoms. The van der Waals surface area contributed by atoms with Crippen LogP contribution >= 0.6 is 11.3 Å². The second kappa shape index (κ2) is 6.92. The van der Waals surface area contributed by atoms with Crippen LogP contribution in [-0.2, 0) is 4.79 Å². The quantitative estimate of drug-likeness (QED) is 0.942. The molecular weight excluding hydrogens is 294 g/mol. The molecule has 0 unspecified atom stereocenters. The Labute approximate surface area is 135 Å². The molecule has 2 heterocycles. The van der Waals surface area contributed by atoms with Crippen molar-refractivity contribution in [2.75, 3.05) is 18.0 Å². The van der Waals surface area contributed by atoms with Gasteiger partial charge in [-0.3, -0.25) is 4.79 Å². The average Bonchev–Trinajstić information content (AvgIpc) is 2.90. The van der Waals surface area contributed by atoms with Crippen molar-refractivity contribution >= 4 is 22.4 Å². The van der Waals surface area contributed by atoms with E-state index in [4.69, 9.17) is 5.73 Å². The minimum absolute atomic E-state index is 0.181. The van der Waals surface area contributed by atoms with E-state index >= 15 is 0 Å². The van der Waals surface area contributed by atoms with Crippen LogP contribution in [-0.4, -0.2) is 24.0 Å². The monoisotopic (exact) mass is 315 g/mol. The van der Waals surface area contributed by atoms with Gasteiger partial charge in [-0.15, -0.1) is 0 Å². The number of anilines is 1. The first-order valence-corrected chi connectivity index (χ1v) is 8.58. The van der Waals surface area contributed by atoms with Crippen molar-refractivity contribution in [3.63, 3.8) is 0 Å². The summed E-state index contributed by atoms with van der Waals surface area (Å²) in [7, 11) is 0. The maximum Gasteiger partial charge on any atom is 0.217 e. The molecule has 2 aromatic rings. The zero-order chi connectivity index (χ0) is 15.4. The minimum atomic E-state index is -0.181. The molecule has 0 radical (unpaired) electrons. The van der Waals surface area contributed by atoms with Gasteiger partial charge in [0.1, 0.15) is 0 Å². The maximum absolute atomic E-state index is 11.1. The molecule has 22 heavy (non-hydrogen) atoms. The van der Waals surface area contributed by atoms with Gasteiger partial charge in [0.2, 0.25) is 5.91 Å². The van der Waals surface area contributed by atoms with Gasteiger partial charge >= 0.3 is 0 Å². The topological polar surface area (TPSA) is 59.2 Å². The molecule has 0 saturated carbocycles. The molecule has 4 nitrogen and oxygen atoms in total. The molecule has 1 aliphatic rings. The highest BCUT2D eigenvalue weighted by Gasteiger charge is 2.20. The predicted molar refractivity (Wildman–Crippen MR) is 90.9 cm³/mol. The van der Waals surface area contributed by atoms with E-state index in [9.17, 15) is 4.79 Å². The summed E-state index contributed by atoms with van der Waals surface area (Å²) in [6.07, 6.45) is 5.67. The van der Waals surface area contributed by atoms with Crippen LogP contribution < -0.4 is 10.6 Å². The lowest BCUT2D eigenvalue weighted by molar-refractivity contribution is -0.118. The molecule has 5 heteroatoms. The number of primary amides is 1. The van der Waals surface area contributed by atoms with Gasteiger partial charge in [0.15, 0.2) is 5.13 Å². The summed E-state index contributed by atoms with van der Waals surface area (Å²) in [6.45, 7) is 1.97. The summed E-state index contributed by atoms with van der Waals surface area (Å²) in [6, 6.07) is 10.4. The number of hydrogen-bond donors (Lipinski definition) is 1. The summed E-state index contributed by atoms with van der Waals surface area (Å²) in [5.41, 5.74) is 6.54. The van der Waals surface area contributed by atoms with E-state index in [0.29, 0.717) is 12.3 Å². The fourth-order valence-corrected chi connectivity index (χ4v) is 3.97. The van der Waals surface area contributed by atoms with Crippen LogP contribution in [0.25, 0.3) is 10.4 Å². The van der Waals surface area contributed by atoms with Crippen molar-refractivity contribution in [2.45, 2.75) is 25.7 Å². The van der Waals surface area contributed by atoms with E-state index in [2.05, 4.69) is 34.1 Å². The molecule has 2 N–H and O–H groups in total. The summed E-state index contributed by atoms with van der Waals surface area (Å²) in [5.74, 6) is 0.245. The number of carbonyl (C=O) groups excluding carboxylic acids is 1. The highest BCUT2D eigenvalue weighted by Crippen LogP contribution is 2.32. The minimum Gasteiger partial charge on any atom is -0.370 e. The van der Waals surface area contributed by atoms with E-state index in [1.807, 2.05) is 12.3 Å². The number of nitrogens with zero attached hydrogens (tertiary/aromatic N) is 2. The summed E-state index contributed by atoms with van der Waals surface area (Å²) in [4.78, 5) is 19.2. The van der Waals surface area contributed by atoms with Crippen molar-refractivity contribution < 1.29 is 4.79 Å². The Kier molecular flexibility index (Phi) is 4.73. The van der Waals surface area contributed by atoms with Crippen molar-refractivity contribution in [2.24, 2.45) is 11.7 Å². The first kappa shape index (κ1) is 15.0. The van der Waals surface area contributed by atoms with Crippen LogP contribution in [0.3, 0.4) is 0 Å². The number of nitrogens with two attached hydrogens (primary N) is 1. The average molecular weight is 315 g/mol. The summed E-state index contributed by atoms with van der Waals surface area (Å²) in [5, 5.41) is 1.08. The SMILES string of the molecule is NC(=O)C[C@H]1CCCN(c2ncc(-c3ccccc3)s2)CC1. The number of amides is 1. The van der Waals surface area contributed by atoms with Crippen molar-refractivity contribution in [1.29, 1.82) is 0 Å². The molecule has 1 aromatic carbocycles. The lowest BCUT2D eigenvalue weighted by atomic mass is 9.97. The van der Waals surface area contributed by atoms with Gasteiger partial charge in [0, 0.05) is 25.7 Å². The van der Waals surface area contributed by atoms with Crippen LogP contribution in [0.5, 0.6) is 0 Å². The zero-order valence-electron chi connectivity index (χ0n) is 12.6. The third-order valence-corrected chi connectivity index (χ3v) is 5.27. The van der Waals surface area contributed by atoms with E-state index in [-0.39, 0.29) is 5.91 Å². The van der Waals surface area contributed by atoms with Gasteiger partial charge in [-0.2, -0.15) is 0 Å². The standard InChI is InChI=1S/C17H21N3OS/c18-16(21)11-13-5-4-9-20(10-8-13)17-19-12-15(22-17)14-6-2-1-3-7-14/h1-3,6-7,12-13H,4-5,8-11H2,(H2,18,21)/t13-/m0/s1. The maximum atomic E-state index is 11.1. The number of rotatable bonds is 4. The third-order valence-electron chi connectivity index (χ3n) is 4.16. The van der Waals surface area contributed by atoms with Gasteiger partial charge in [-0.1, -0.05) is 41.7 Å². The van der Waals surface area contributed by atoms with Crippen molar-refractivity contribution in [3.05, 3.63) is 36.5 Å². The Morgan fingerprint density at radius 3 is 2.86 bits per heavy atom. The Hall–Kier alpha value is -1.88.